The standard InChI is InChI=1S/C22H28ClN3O4S/c1-3-18(26-11-4-5-12-26)15-24-22(27)16-7-6-8-19(13-16)31(28,29)25-20-14-17(23)9-10-21(20)30-2/h6-10,13-14,18,25H,3-5,11-12,15H2,1-2H3,(H,24,27). The molecule has 1 heterocycles. The highest BCUT2D eigenvalue weighted by Crippen LogP contribution is 2.30. The average molecular weight is 466 g/mol. The fourth-order valence-corrected chi connectivity index (χ4v) is 5.00. The number of hydrogen-bond acceptors (Lipinski definition) is 5. The second-order valence-electron chi connectivity index (χ2n) is 7.49. The summed E-state index contributed by atoms with van der Waals surface area (Å²) in [5.41, 5.74) is 0.512. The monoisotopic (exact) mass is 465 g/mol. The molecule has 1 amide bonds. The van der Waals surface area contributed by atoms with Gasteiger partial charge in [-0.25, -0.2) is 8.42 Å². The summed E-state index contributed by atoms with van der Waals surface area (Å²) in [6.45, 7) is 4.75. The second-order valence-corrected chi connectivity index (χ2v) is 9.61. The molecule has 0 spiro atoms. The fraction of sp³-hybridized carbons (Fsp3) is 0.409. The van der Waals surface area contributed by atoms with E-state index in [4.69, 9.17) is 16.3 Å². The summed E-state index contributed by atoms with van der Waals surface area (Å²) in [7, 11) is -2.50. The number of carbonyl (C=O) groups excluding carboxylic acids is 1. The summed E-state index contributed by atoms with van der Waals surface area (Å²) in [5, 5.41) is 3.32. The van der Waals surface area contributed by atoms with Gasteiger partial charge in [0.05, 0.1) is 17.7 Å². The lowest BCUT2D eigenvalue weighted by Gasteiger charge is -2.26. The van der Waals surface area contributed by atoms with Gasteiger partial charge in [0.15, 0.2) is 0 Å². The molecule has 0 aliphatic carbocycles. The van der Waals surface area contributed by atoms with E-state index in [0.29, 0.717) is 17.3 Å². The van der Waals surface area contributed by atoms with Gasteiger partial charge < -0.3 is 10.1 Å². The van der Waals surface area contributed by atoms with Crippen LogP contribution in [0.1, 0.15) is 36.5 Å². The Morgan fingerprint density at radius 3 is 2.61 bits per heavy atom. The predicted molar refractivity (Wildman–Crippen MR) is 122 cm³/mol. The normalized spacial score (nSPS) is 15.5. The minimum atomic E-state index is -3.94. The molecule has 9 heteroatoms. The number of nitrogens with one attached hydrogen (secondary N) is 2. The number of likely N-dealkylation sites (tertiary alicyclic amines) is 1. The zero-order valence-electron chi connectivity index (χ0n) is 17.7. The molecule has 2 N–H and O–H groups in total. The maximum absolute atomic E-state index is 12.9. The average Bonchev–Trinajstić information content (AvgIpc) is 3.29. The SMILES string of the molecule is CCC(CNC(=O)c1cccc(S(=O)(=O)Nc2cc(Cl)ccc2OC)c1)N1CCCC1. The van der Waals surface area contributed by atoms with E-state index in [1.54, 1.807) is 24.3 Å². The molecule has 2 aromatic carbocycles. The molecular weight excluding hydrogens is 438 g/mol. The number of halogens is 1. The van der Waals surface area contributed by atoms with Crippen molar-refractivity contribution >= 4 is 33.2 Å². The van der Waals surface area contributed by atoms with E-state index in [1.807, 2.05) is 0 Å². The van der Waals surface area contributed by atoms with E-state index in [-0.39, 0.29) is 28.1 Å². The topological polar surface area (TPSA) is 87.7 Å². The molecule has 7 nitrogen and oxygen atoms in total. The van der Waals surface area contributed by atoms with Gasteiger partial charge >= 0.3 is 0 Å². The van der Waals surface area contributed by atoms with Crippen LogP contribution in [0.3, 0.4) is 0 Å². The van der Waals surface area contributed by atoms with Crippen molar-refractivity contribution in [2.75, 3.05) is 31.5 Å². The lowest BCUT2D eigenvalue weighted by atomic mass is 10.1. The summed E-state index contributed by atoms with van der Waals surface area (Å²) in [5.74, 6) is 0.0458. The quantitative estimate of drug-likeness (QED) is 0.588. The van der Waals surface area contributed by atoms with Crippen LogP contribution >= 0.6 is 11.6 Å². The first-order valence-electron chi connectivity index (χ1n) is 10.3. The number of benzene rings is 2. The number of methoxy groups -OCH3 is 1. The van der Waals surface area contributed by atoms with Gasteiger partial charge in [-0.2, -0.15) is 0 Å². The summed E-state index contributed by atoms with van der Waals surface area (Å²) in [6.07, 6.45) is 3.32. The molecular formula is C22H28ClN3O4S. The maximum atomic E-state index is 12.9. The first-order valence-corrected chi connectivity index (χ1v) is 12.2. The highest BCUT2D eigenvalue weighted by atomic mass is 35.5. The smallest absolute Gasteiger partial charge is 0.262 e. The van der Waals surface area contributed by atoms with Gasteiger partial charge in [-0.1, -0.05) is 24.6 Å². The highest BCUT2D eigenvalue weighted by molar-refractivity contribution is 7.92. The highest BCUT2D eigenvalue weighted by Gasteiger charge is 2.22. The van der Waals surface area contributed by atoms with Crippen molar-refractivity contribution < 1.29 is 17.9 Å². The van der Waals surface area contributed by atoms with Gasteiger partial charge in [0.1, 0.15) is 5.75 Å². The molecule has 0 saturated carbocycles. The number of nitrogens with zero attached hydrogens (tertiary/aromatic N) is 1. The van der Waals surface area contributed by atoms with Crippen molar-refractivity contribution in [2.45, 2.75) is 37.1 Å². The van der Waals surface area contributed by atoms with Gasteiger partial charge in [-0.05, 0) is 68.8 Å². The van der Waals surface area contributed by atoms with Crippen LogP contribution in [0.15, 0.2) is 47.4 Å². The van der Waals surface area contributed by atoms with Crippen molar-refractivity contribution in [3.05, 3.63) is 53.1 Å². The third-order valence-corrected chi connectivity index (χ3v) is 7.04. The van der Waals surface area contributed by atoms with Crippen LogP contribution in [0.25, 0.3) is 0 Å². The largest absolute Gasteiger partial charge is 0.495 e. The Labute approximate surface area is 188 Å². The first-order chi connectivity index (χ1) is 14.8. The Balaban J connectivity index is 1.72. The van der Waals surface area contributed by atoms with Crippen LogP contribution < -0.4 is 14.8 Å². The van der Waals surface area contributed by atoms with Gasteiger partial charge in [0, 0.05) is 23.2 Å². The van der Waals surface area contributed by atoms with Gasteiger partial charge in [-0.3, -0.25) is 14.4 Å². The summed E-state index contributed by atoms with van der Waals surface area (Å²) >= 11 is 5.99. The van der Waals surface area contributed by atoms with Crippen molar-refractivity contribution in [3.8, 4) is 5.75 Å². The zero-order chi connectivity index (χ0) is 22.4. The minimum absolute atomic E-state index is 0.0197. The van der Waals surface area contributed by atoms with Crippen molar-refractivity contribution in [1.82, 2.24) is 10.2 Å². The van der Waals surface area contributed by atoms with Crippen LogP contribution in [0.5, 0.6) is 5.75 Å². The van der Waals surface area contributed by atoms with Crippen LogP contribution in [-0.4, -0.2) is 52.0 Å². The molecule has 3 rings (SSSR count). The Hall–Kier alpha value is -2.29. The first kappa shape index (κ1) is 23.4. The van der Waals surface area contributed by atoms with E-state index >= 15 is 0 Å². The van der Waals surface area contributed by atoms with Gasteiger partial charge in [-0.15, -0.1) is 0 Å². The molecule has 168 valence electrons. The predicted octanol–water partition coefficient (Wildman–Crippen LogP) is 3.75. The number of rotatable bonds is 9. The number of ether oxygens (including phenoxy) is 1. The fourth-order valence-electron chi connectivity index (χ4n) is 3.72. The molecule has 1 fully saturated rings. The molecule has 1 aliphatic heterocycles. The van der Waals surface area contributed by atoms with Crippen LogP contribution in [-0.2, 0) is 10.0 Å². The second kappa shape index (κ2) is 10.3. The van der Waals surface area contributed by atoms with Crippen molar-refractivity contribution in [3.63, 3.8) is 0 Å². The van der Waals surface area contributed by atoms with Crippen LogP contribution in [0, 0.1) is 0 Å². The van der Waals surface area contributed by atoms with Crippen molar-refractivity contribution in [2.24, 2.45) is 0 Å². The number of amides is 1. The van der Waals surface area contributed by atoms with E-state index in [0.717, 1.165) is 19.5 Å². The van der Waals surface area contributed by atoms with Crippen LogP contribution in [0.4, 0.5) is 5.69 Å². The Morgan fingerprint density at radius 2 is 1.94 bits per heavy atom. The molecule has 31 heavy (non-hydrogen) atoms. The third kappa shape index (κ3) is 5.90. The lowest BCUT2D eigenvalue weighted by Crippen LogP contribution is -2.42. The molecule has 1 aliphatic rings. The number of hydrogen-bond donors (Lipinski definition) is 2. The number of anilines is 1. The van der Waals surface area contributed by atoms with E-state index in [2.05, 4.69) is 21.9 Å². The summed E-state index contributed by atoms with van der Waals surface area (Å²) < 4.78 is 33.5. The number of carbonyl (C=O) groups is 1. The lowest BCUT2D eigenvalue weighted by molar-refractivity contribution is 0.0937. The molecule has 1 atom stereocenters. The third-order valence-electron chi connectivity index (χ3n) is 5.44. The molecule has 0 radical (unpaired) electrons. The minimum Gasteiger partial charge on any atom is -0.495 e. The van der Waals surface area contributed by atoms with E-state index < -0.39 is 10.0 Å². The molecule has 0 aromatic heterocycles. The Morgan fingerprint density at radius 1 is 1.19 bits per heavy atom. The summed E-state index contributed by atoms with van der Waals surface area (Å²) in [6, 6.07) is 10.9. The molecule has 1 unspecified atom stereocenters. The Bertz CT molecular complexity index is 1020. The Kier molecular flexibility index (Phi) is 7.80. The summed E-state index contributed by atoms with van der Waals surface area (Å²) in [4.78, 5) is 15.1. The molecule has 0 bridgehead atoms. The maximum Gasteiger partial charge on any atom is 0.262 e. The molecule has 2 aromatic rings. The van der Waals surface area contributed by atoms with Crippen molar-refractivity contribution in [1.29, 1.82) is 0 Å². The number of sulfonamides is 1. The zero-order valence-corrected chi connectivity index (χ0v) is 19.3. The molecule has 1 saturated heterocycles. The van der Waals surface area contributed by atoms with E-state index in [1.165, 1.54) is 38.2 Å². The van der Waals surface area contributed by atoms with Gasteiger partial charge in [0.25, 0.3) is 15.9 Å². The van der Waals surface area contributed by atoms with Gasteiger partial charge in [0.2, 0.25) is 0 Å². The van der Waals surface area contributed by atoms with E-state index in [9.17, 15) is 13.2 Å². The van der Waals surface area contributed by atoms with Crippen LogP contribution in [0.2, 0.25) is 5.02 Å².